The predicted molar refractivity (Wildman–Crippen MR) is 37.2 cm³/mol. The van der Waals surface area contributed by atoms with Crippen LogP contribution in [0.4, 0.5) is 0 Å². The molecule has 0 aromatic rings. The van der Waals surface area contributed by atoms with Gasteiger partial charge >= 0.3 is 53.8 Å². The monoisotopic (exact) mass is 207 g/mol. The zero-order chi connectivity index (χ0) is 6.08. The van der Waals surface area contributed by atoms with Gasteiger partial charge in [-0.05, 0) is 0 Å². The van der Waals surface area contributed by atoms with Crippen LogP contribution >= 0.6 is 0 Å². The van der Waals surface area contributed by atoms with E-state index in [9.17, 15) is 0 Å². The quantitative estimate of drug-likeness (QED) is 0.534. The number of hydrogen-bond acceptors (Lipinski definition) is 0. The van der Waals surface area contributed by atoms with Gasteiger partial charge in [0.2, 0.25) is 0 Å². The van der Waals surface area contributed by atoms with E-state index in [1.807, 2.05) is 0 Å². The van der Waals surface area contributed by atoms with Gasteiger partial charge in [0, 0.05) is 0 Å². The Morgan fingerprint density at radius 1 is 1.00 bits per heavy atom. The van der Waals surface area contributed by atoms with Crippen molar-refractivity contribution in [1.29, 1.82) is 0 Å². The maximum absolute atomic E-state index is 2.45. The molecule has 0 aliphatic rings. The fourth-order valence-corrected chi connectivity index (χ4v) is 0. The Balaban J connectivity index is 3.54. The summed E-state index contributed by atoms with van der Waals surface area (Å²) in [4.78, 5) is 4.89. The third-order valence-electron chi connectivity index (χ3n) is 1.50. The summed E-state index contributed by atoms with van der Waals surface area (Å²) < 4.78 is 0.697. The Bertz CT molecular complexity index is 49.7. The number of rotatable bonds is 0. The summed E-state index contributed by atoms with van der Waals surface area (Å²) in [5.74, 6) is 0. The van der Waals surface area contributed by atoms with Crippen LogP contribution in [0.5, 0.6) is 0 Å². The van der Waals surface area contributed by atoms with Crippen LogP contribution in [0.2, 0.25) is 13.3 Å². The van der Waals surface area contributed by atoms with Crippen molar-refractivity contribution >= 4 is 19.8 Å². The van der Waals surface area contributed by atoms with E-state index in [0.29, 0.717) is 3.43 Å². The molecule has 0 N–H and O–H groups in total. The topological polar surface area (TPSA) is 0 Å². The summed E-state index contributed by atoms with van der Waals surface area (Å²) >= 11 is -0.840. The molecule has 0 atom stereocenters. The fraction of sp³-hybridized carbons (Fsp3) is 1.00. The summed E-state index contributed by atoms with van der Waals surface area (Å²) in [5.41, 5.74) is 0. The molecule has 43 valence electrons. The maximum atomic E-state index is 2.45. The second-order valence-corrected chi connectivity index (χ2v) is 13.2. The van der Waals surface area contributed by atoms with Crippen LogP contribution in [0.1, 0.15) is 20.8 Å². The van der Waals surface area contributed by atoms with E-state index in [0.717, 1.165) is 0 Å². The first-order valence-electron chi connectivity index (χ1n) is 2.75. The summed E-state index contributed by atoms with van der Waals surface area (Å²) in [6, 6.07) is 0. The van der Waals surface area contributed by atoms with Gasteiger partial charge in [-0.2, -0.15) is 0 Å². The molecule has 0 fully saturated rings. The van der Waals surface area contributed by atoms with E-state index in [4.69, 9.17) is 0 Å². The first-order chi connectivity index (χ1) is 2.94. The van der Waals surface area contributed by atoms with Crippen molar-refractivity contribution in [3.05, 3.63) is 0 Å². The molecule has 0 amide bonds. The third kappa shape index (κ3) is 3.39. The van der Waals surface area contributed by atoms with Gasteiger partial charge in [0.05, 0.1) is 0 Å². The minimum atomic E-state index is -0.840. The van der Waals surface area contributed by atoms with E-state index in [-0.39, 0.29) is 0 Å². The minimum absolute atomic E-state index is 0.697. The van der Waals surface area contributed by atoms with Crippen molar-refractivity contribution < 1.29 is 0 Å². The van der Waals surface area contributed by atoms with Gasteiger partial charge in [0.25, 0.3) is 0 Å². The van der Waals surface area contributed by atoms with Crippen molar-refractivity contribution in [2.24, 2.45) is 0 Å². The van der Waals surface area contributed by atoms with Gasteiger partial charge in [-0.25, -0.2) is 0 Å². The summed E-state index contributed by atoms with van der Waals surface area (Å²) in [7, 11) is 0. The molecule has 0 aliphatic carbocycles. The van der Waals surface area contributed by atoms with Crippen molar-refractivity contribution in [2.75, 3.05) is 0 Å². The molecule has 0 spiro atoms. The van der Waals surface area contributed by atoms with Crippen molar-refractivity contribution in [3.8, 4) is 0 Å². The van der Waals surface area contributed by atoms with E-state index < -0.39 is 19.8 Å². The molecule has 1 heteroatoms. The van der Waals surface area contributed by atoms with Gasteiger partial charge in [-0.3, -0.25) is 0 Å². The van der Waals surface area contributed by atoms with Crippen LogP contribution in [0, 0.1) is 0 Å². The van der Waals surface area contributed by atoms with E-state index in [1.165, 1.54) is 0 Å². The first kappa shape index (κ1) is 7.80. The molecule has 0 aromatic heterocycles. The molecule has 0 bridgehead atoms. The molecule has 0 nitrogen and oxygen atoms in total. The molecule has 1 radical (unpaired) electrons. The molecule has 0 aromatic carbocycles. The van der Waals surface area contributed by atoms with Gasteiger partial charge in [0.1, 0.15) is 0 Å². The molecule has 7 heavy (non-hydrogen) atoms. The van der Waals surface area contributed by atoms with Gasteiger partial charge < -0.3 is 0 Å². The van der Waals surface area contributed by atoms with Gasteiger partial charge in [0.15, 0.2) is 0 Å². The van der Waals surface area contributed by atoms with Gasteiger partial charge in [-0.1, -0.05) is 0 Å². The summed E-state index contributed by atoms with van der Waals surface area (Å²) in [5, 5.41) is 0. The molecule has 0 aliphatic heterocycles. The summed E-state index contributed by atoms with van der Waals surface area (Å²) in [6.07, 6.45) is 0. The standard InChI is InChI=1S/C4H9.2CH3.Sn/c1-4(2)3;;;/h1-3H3;2*1H3;. The van der Waals surface area contributed by atoms with Crippen LogP contribution in [0.15, 0.2) is 0 Å². The van der Waals surface area contributed by atoms with Crippen molar-refractivity contribution in [1.82, 2.24) is 0 Å². The Labute approximate surface area is 54.0 Å². The molecular weight excluding hydrogens is 191 g/mol. The molecule has 0 heterocycles. The van der Waals surface area contributed by atoms with Crippen LogP contribution in [-0.2, 0) is 0 Å². The molecule has 0 rings (SSSR count). The molecule has 0 saturated heterocycles. The van der Waals surface area contributed by atoms with Crippen LogP contribution in [-0.4, -0.2) is 19.8 Å². The molecule has 0 unspecified atom stereocenters. The van der Waals surface area contributed by atoms with Crippen molar-refractivity contribution in [3.63, 3.8) is 0 Å². The Morgan fingerprint density at radius 2 is 1.14 bits per heavy atom. The molecular formula is C6H15Sn. The average molecular weight is 206 g/mol. The second kappa shape index (κ2) is 2.38. The number of hydrogen-bond donors (Lipinski definition) is 0. The van der Waals surface area contributed by atoms with Crippen LogP contribution in [0.3, 0.4) is 0 Å². The SMILES string of the molecule is [CH3][Sn]([CH3])[C](C)(C)C. The second-order valence-electron chi connectivity index (χ2n) is 3.25. The predicted octanol–water partition coefficient (Wildman–Crippen LogP) is 2.54. The van der Waals surface area contributed by atoms with Crippen LogP contribution in [0.25, 0.3) is 0 Å². The molecule has 0 saturated carbocycles. The first-order valence-corrected chi connectivity index (χ1v) is 9.89. The van der Waals surface area contributed by atoms with E-state index in [1.54, 1.807) is 0 Å². The van der Waals surface area contributed by atoms with Crippen LogP contribution < -0.4 is 0 Å². The average Bonchev–Trinajstić information content (AvgIpc) is 1.31. The Morgan fingerprint density at radius 3 is 1.14 bits per heavy atom. The van der Waals surface area contributed by atoms with Gasteiger partial charge in [-0.15, -0.1) is 0 Å². The normalized spacial score (nSPS) is 12.9. The third-order valence-corrected chi connectivity index (χ3v) is 10.1. The summed E-state index contributed by atoms with van der Waals surface area (Å²) in [6.45, 7) is 7.05. The zero-order valence-electron chi connectivity index (χ0n) is 6.00. The Hall–Kier alpha value is 0.799. The van der Waals surface area contributed by atoms with E-state index in [2.05, 4.69) is 30.7 Å². The zero-order valence-corrected chi connectivity index (χ0v) is 8.85. The fourth-order valence-electron chi connectivity index (χ4n) is 0. The van der Waals surface area contributed by atoms with E-state index >= 15 is 0 Å². The van der Waals surface area contributed by atoms with Crippen molar-refractivity contribution in [2.45, 2.75) is 34.1 Å². The Kier molecular flexibility index (Phi) is 2.65.